The number of aromatic hydroxyl groups is 1. The van der Waals surface area contributed by atoms with E-state index in [4.69, 9.17) is 21.1 Å². The summed E-state index contributed by atoms with van der Waals surface area (Å²) in [6.45, 7) is 1.83. The molecule has 186 valence electrons. The average molecular weight is 504 g/mol. The summed E-state index contributed by atoms with van der Waals surface area (Å²) in [7, 11) is 0. The van der Waals surface area contributed by atoms with Crippen LogP contribution in [0.4, 0.5) is 0 Å². The Kier molecular flexibility index (Phi) is 9.22. The van der Waals surface area contributed by atoms with Gasteiger partial charge in [0.25, 0.3) is 0 Å². The van der Waals surface area contributed by atoms with Gasteiger partial charge in [-0.1, -0.05) is 90.5 Å². The number of hydrogen-bond donors (Lipinski definition) is 3. The van der Waals surface area contributed by atoms with Crippen LogP contribution in [0.15, 0.2) is 97.1 Å². The standard InChI is InChI=1S/C30H30ClNO4/c31-29-25(13-16-27(33)30(29)36-21-23-9-5-2-6-10-23)17-18-32-19-28(34)24-11-14-26(15-12-24)35-20-22-7-3-1-4-8-22/h1-16,28,32-34H,17-21H2. The van der Waals surface area contributed by atoms with Crippen molar-refractivity contribution in [1.82, 2.24) is 5.32 Å². The fraction of sp³-hybridized carbons (Fsp3) is 0.200. The van der Waals surface area contributed by atoms with Crippen LogP contribution in [-0.2, 0) is 19.6 Å². The molecule has 0 amide bonds. The van der Waals surface area contributed by atoms with Gasteiger partial charge in [0.2, 0.25) is 0 Å². The molecule has 0 aliphatic heterocycles. The van der Waals surface area contributed by atoms with Crippen molar-refractivity contribution in [2.45, 2.75) is 25.7 Å². The fourth-order valence-electron chi connectivity index (χ4n) is 3.75. The lowest BCUT2D eigenvalue weighted by Crippen LogP contribution is -2.23. The van der Waals surface area contributed by atoms with E-state index in [1.165, 1.54) is 0 Å². The molecule has 0 bridgehead atoms. The number of rotatable bonds is 12. The minimum Gasteiger partial charge on any atom is -0.504 e. The maximum Gasteiger partial charge on any atom is 0.180 e. The van der Waals surface area contributed by atoms with Gasteiger partial charge < -0.3 is 25.0 Å². The normalized spacial score (nSPS) is 11.7. The molecule has 0 spiro atoms. The highest BCUT2D eigenvalue weighted by atomic mass is 35.5. The molecular weight excluding hydrogens is 474 g/mol. The van der Waals surface area contributed by atoms with Crippen molar-refractivity contribution in [2.75, 3.05) is 13.1 Å². The summed E-state index contributed by atoms with van der Waals surface area (Å²) in [6, 6.07) is 30.6. The number of nitrogens with one attached hydrogen (secondary N) is 1. The van der Waals surface area contributed by atoms with Gasteiger partial charge in [-0.2, -0.15) is 0 Å². The molecule has 0 saturated heterocycles. The predicted molar refractivity (Wildman–Crippen MR) is 143 cm³/mol. The summed E-state index contributed by atoms with van der Waals surface area (Å²) in [4.78, 5) is 0. The minimum atomic E-state index is -0.645. The van der Waals surface area contributed by atoms with Crippen LogP contribution in [0.2, 0.25) is 5.02 Å². The minimum absolute atomic E-state index is 0.0132. The van der Waals surface area contributed by atoms with E-state index < -0.39 is 6.10 Å². The van der Waals surface area contributed by atoms with E-state index in [9.17, 15) is 10.2 Å². The second kappa shape index (κ2) is 13.0. The van der Waals surface area contributed by atoms with Crippen molar-refractivity contribution in [3.05, 3.63) is 124 Å². The summed E-state index contributed by atoms with van der Waals surface area (Å²) in [6.07, 6.45) is -0.0204. The average Bonchev–Trinajstić information content (AvgIpc) is 2.92. The Balaban J connectivity index is 1.23. The summed E-state index contributed by atoms with van der Waals surface area (Å²) in [5, 5.41) is 24.4. The number of ether oxygens (including phenoxy) is 2. The van der Waals surface area contributed by atoms with E-state index in [1.54, 1.807) is 12.1 Å². The fourth-order valence-corrected chi connectivity index (χ4v) is 4.06. The SMILES string of the molecule is Oc1ccc(CCNCC(O)c2ccc(OCc3ccccc3)cc2)c(Cl)c1OCc1ccccc1. The van der Waals surface area contributed by atoms with Crippen LogP contribution in [-0.4, -0.2) is 23.3 Å². The Labute approximate surface area is 216 Å². The molecule has 1 atom stereocenters. The molecular formula is C30H30ClNO4. The van der Waals surface area contributed by atoms with E-state index >= 15 is 0 Å². The van der Waals surface area contributed by atoms with Crippen LogP contribution in [0.5, 0.6) is 17.2 Å². The highest BCUT2D eigenvalue weighted by Gasteiger charge is 2.14. The van der Waals surface area contributed by atoms with Crippen LogP contribution in [0.25, 0.3) is 0 Å². The van der Waals surface area contributed by atoms with Gasteiger partial charge in [-0.15, -0.1) is 0 Å². The Morgan fingerprint density at radius 3 is 2.00 bits per heavy atom. The Bertz CT molecular complexity index is 1220. The molecule has 4 aromatic carbocycles. The number of aliphatic hydroxyl groups is 1. The van der Waals surface area contributed by atoms with Gasteiger partial charge in [0, 0.05) is 6.54 Å². The number of benzene rings is 4. The van der Waals surface area contributed by atoms with Crippen LogP contribution >= 0.6 is 11.6 Å². The summed E-state index contributed by atoms with van der Waals surface area (Å²) >= 11 is 6.52. The number of hydrogen-bond acceptors (Lipinski definition) is 5. The molecule has 6 heteroatoms. The zero-order chi connectivity index (χ0) is 25.2. The summed E-state index contributed by atoms with van der Waals surface area (Å²) < 4.78 is 11.6. The first-order valence-electron chi connectivity index (χ1n) is 11.9. The molecule has 0 aromatic heterocycles. The van der Waals surface area contributed by atoms with Crippen LogP contribution < -0.4 is 14.8 Å². The van der Waals surface area contributed by atoms with E-state index in [-0.39, 0.29) is 11.5 Å². The highest BCUT2D eigenvalue weighted by Crippen LogP contribution is 2.37. The monoisotopic (exact) mass is 503 g/mol. The molecule has 0 aliphatic carbocycles. The second-order valence-electron chi connectivity index (χ2n) is 8.47. The van der Waals surface area contributed by atoms with Crippen molar-refractivity contribution < 1.29 is 19.7 Å². The van der Waals surface area contributed by atoms with Gasteiger partial charge in [0.15, 0.2) is 11.5 Å². The van der Waals surface area contributed by atoms with E-state index in [1.807, 2.05) is 84.9 Å². The highest BCUT2D eigenvalue weighted by molar-refractivity contribution is 6.33. The first-order valence-corrected chi connectivity index (χ1v) is 12.3. The Morgan fingerprint density at radius 2 is 1.36 bits per heavy atom. The van der Waals surface area contributed by atoms with E-state index in [2.05, 4.69) is 5.32 Å². The van der Waals surface area contributed by atoms with Gasteiger partial charge >= 0.3 is 0 Å². The second-order valence-corrected chi connectivity index (χ2v) is 8.85. The van der Waals surface area contributed by atoms with Gasteiger partial charge in [-0.05, 0) is 53.4 Å². The Hall–Kier alpha value is -3.51. The van der Waals surface area contributed by atoms with Crippen molar-refractivity contribution in [3.63, 3.8) is 0 Å². The predicted octanol–water partition coefficient (Wildman–Crippen LogP) is 6.07. The topological polar surface area (TPSA) is 71.0 Å². The molecule has 0 fully saturated rings. The smallest absolute Gasteiger partial charge is 0.180 e. The summed E-state index contributed by atoms with van der Waals surface area (Å²) in [5.74, 6) is 1.06. The first-order chi connectivity index (χ1) is 17.6. The Morgan fingerprint density at radius 1 is 0.750 bits per heavy atom. The van der Waals surface area contributed by atoms with Crippen LogP contribution in [0, 0.1) is 0 Å². The number of phenols is 1. The molecule has 36 heavy (non-hydrogen) atoms. The molecule has 0 heterocycles. The zero-order valence-electron chi connectivity index (χ0n) is 19.9. The van der Waals surface area contributed by atoms with Crippen molar-refractivity contribution >= 4 is 11.6 Å². The molecule has 3 N–H and O–H groups in total. The first kappa shape index (κ1) is 25.6. The maximum atomic E-state index is 10.5. The molecule has 0 radical (unpaired) electrons. The lowest BCUT2D eigenvalue weighted by atomic mass is 10.1. The lowest BCUT2D eigenvalue weighted by molar-refractivity contribution is 0.175. The van der Waals surface area contributed by atoms with Crippen molar-refractivity contribution in [1.29, 1.82) is 0 Å². The van der Waals surface area contributed by atoms with Crippen LogP contribution in [0.1, 0.15) is 28.4 Å². The van der Waals surface area contributed by atoms with Gasteiger partial charge in [0.05, 0.1) is 11.1 Å². The molecule has 1 unspecified atom stereocenters. The van der Waals surface area contributed by atoms with Gasteiger partial charge in [-0.25, -0.2) is 0 Å². The van der Waals surface area contributed by atoms with E-state index in [0.717, 1.165) is 28.0 Å². The summed E-state index contributed by atoms with van der Waals surface area (Å²) in [5.41, 5.74) is 3.77. The van der Waals surface area contributed by atoms with Crippen molar-refractivity contribution in [3.8, 4) is 17.2 Å². The number of aliphatic hydroxyl groups excluding tert-OH is 1. The van der Waals surface area contributed by atoms with E-state index in [0.29, 0.717) is 37.7 Å². The van der Waals surface area contributed by atoms with Crippen LogP contribution in [0.3, 0.4) is 0 Å². The number of phenolic OH excluding ortho intramolecular Hbond substituents is 1. The molecule has 4 aromatic rings. The molecule has 0 aliphatic rings. The molecule has 5 nitrogen and oxygen atoms in total. The molecule has 4 rings (SSSR count). The van der Waals surface area contributed by atoms with Gasteiger partial charge in [-0.3, -0.25) is 0 Å². The largest absolute Gasteiger partial charge is 0.504 e. The number of halogens is 1. The third-order valence-corrected chi connectivity index (χ3v) is 6.22. The molecule has 0 saturated carbocycles. The van der Waals surface area contributed by atoms with Crippen molar-refractivity contribution in [2.24, 2.45) is 0 Å². The maximum absolute atomic E-state index is 10.5. The van der Waals surface area contributed by atoms with Gasteiger partial charge in [0.1, 0.15) is 19.0 Å². The third kappa shape index (κ3) is 7.25. The third-order valence-electron chi connectivity index (χ3n) is 5.80. The quantitative estimate of drug-likeness (QED) is 0.205. The zero-order valence-corrected chi connectivity index (χ0v) is 20.7. The lowest BCUT2D eigenvalue weighted by Gasteiger charge is -2.15.